The van der Waals surface area contributed by atoms with Crippen molar-refractivity contribution in [1.29, 1.82) is 0 Å². The summed E-state index contributed by atoms with van der Waals surface area (Å²) in [6.07, 6.45) is 0. The predicted octanol–water partition coefficient (Wildman–Crippen LogP) is 6.04. The molecular weight excluding hydrogens is 416 g/mol. The van der Waals surface area contributed by atoms with Crippen molar-refractivity contribution in [1.82, 2.24) is 9.55 Å². The highest BCUT2D eigenvalue weighted by atomic mass is 32.2. The molecule has 4 aromatic rings. The smallest absolute Gasteiger partial charge is 0.262 e. The van der Waals surface area contributed by atoms with Gasteiger partial charge in [0.2, 0.25) is 0 Å². The molecule has 1 aromatic heterocycles. The van der Waals surface area contributed by atoms with Crippen molar-refractivity contribution in [2.24, 2.45) is 0 Å². The Kier molecular flexibility index (Phi) is 6.38. The van der Waals surface area contributed by atoms with Crippen LogP contribution >= 0.6 is 11.8 Å². The quantitative estimate of drug-likeness (QED) is 0.268. The number of fused-ring (bicyclic) bond motifs is 1. The van der Waals surface area contributed by atoms with E-state index in [1.807, 2.05) is 48.5 Å². The summed E-state index contributed by atoms with van der Waals surface area (Å²) in [6.45, 7) is 7.05. The number of aromatic nitrogens is 2. The van der Waals surface area contributed by atoms with Crippen LogP contribution in [0, 0.1) is 0 Å². The van der Waals surface area contributed by atoms with Crippen molar-refractivity contribution in [3.05, 3.63) is 99.8 Å². The molecule has 0 aliphatic carbocycles. The summed E-state index contributed by atoms with van der Waals surface area (Å²) in [5.41, 5.74) is 4.27. The number of thioether (sulfide) groups is 1. The second-order valence-corrected chi connectivity index (χ2v) is 9.79. The van der Waals surface area contributed by atoms with Crippen LogP contribution in [0.3, 0.4) is 0 Å². The minimum Gasteiger partial charge on any atom is -0.496 e. The zero-order valence-corrected chi connectivity index (χ0v) is 19.8. The molecule has 4 nitrogen and oxygen atoms in total. The molecule has 0 unspecified atom stereocenters. The van der Waals surface area contributed by atoms with Gasteiger partial charge in [0.25, 0.3) is 5.56 Å². The number of para-hydroxylation sites is 2. The van der Waals surface area contributed by atoms with Crippen LogP contribution in [-0.2, 0) is 17.7 Å². The van der Waals surface area contributed by atoms with E-state index in [4.69, 9.17) is 9.72 Å². The predicted molar refractivity (Wildman–Crippen MR) is 133 cm³/mol. The van der Waals surface area contributed by atoms with Crippen LogP contribution in [0.4, 0.5) is 0 Å². The Labute approximate surface area is 193 Å². The van der Waals surface area contributed by atoms with Gasteiger partial charge in [-0.3, -0.25) is 9.36 Å². The topological polar surface area (TPSA) is 44.1 Å². The maximum Gasteiger partial charge on any atom is 0.262 e. The van der Waals surface area contributed by atoms with Crippen molar-refractivity contribution in [3.8, 4) is 5.75 Å². The normalized spacial score (nSPS) is 11.6. The third kappa shape index (κ3) is 4.73. The van der Waals surface area contributed by atoms with Gasteiger partial charge in [0.15, 0.2) is 5.16 Å². The van der Waals surface area contributed by atoms with E-state index < -0.39 is 0 Å². The van der Waals surface area contributed by atoms with E-state index in [0.29, 0.717) is 17.1 Å². The van der Waals surface area contributed by atoms with Crippen LogP contribution in [0.2, 0.25) is 0 Å². The van der Waals surface area contributed by atoms with E-state index in [-0.39, 0.29) is 11.0 Å². The van der Waals surface area contributed by atoms with E-state index in [2.05, 4.69) is 45.0 Å². The second-order valence-electron chi connectivity index (χ2n) is 8.85. The highest BCUT2D eigenvalue weighted by Gasteiger charge is 2.15. The zero-order chi connectivity index (χ0) is 22.7. The Bertz CT molecular complexity index is 1290. The molecule has 0 N–H and O–H groups in total. The average molecular weight is 445 g/mol. The standard InChI is InChI=1S/C27H28N2O2S/c1-27(2,3)21-15-13-19(14-16-21)18-32-26-28-23-11-7-6-10-22(23)25(30)29(26)17-20-9-5-8-12-24(20)31-4/h5-16H,17-18H2,1-4H3. The van der Waals surface area contributed by atoms with Crippen molar-refractivity contribution in [2.75, 3.05) is 7.11 Å². The van der Waals surface area contributed by atoms with E-state index in [9.17, 15) is 4.79 Å². The molecule has 0 bridgehead atoms. The first-order valence-electron chi connectivity index (χ1n) is 10.7. The molecule has 0 radical (unpaired) electrons. The fourth-order valence-corrected chi connectivity index (χ4v) is 4.60. The first kappa shape index (κ1) is 22.2. The molecule has 0 saturated heterocycles. The lowest BCUT2D eigenvalue weighted by atomic mass is 9.87. The summed E-state index contributed by atoms with van der Waals surface area (Å²) in [7, 11) is 1.65. The van der Waals surface area contributed by atoms with Crippen molar-refractivity contribution < 1.29 is 4.74 Å². The van der Waals surface area contributed by atoms with Crippen LogP contribution in [0.25, 0.3) is 10.9 Å². The fraction of sp³-hybridized carbons (Fsp3) is 0.259. The maximum absolute atomic E-state index is 13.4. The van der Waals surface area contributed by atoms with Crippen molar-refractivity contribution in [3.63, 3.8) is 0 Å². The van der Waals surface area contributed by atoms with Gasteiger partial charge in [-0.05, 0) is 34.7 Å². The van der Waals surface area contributed by atoms with Gasteiger partial charge in [-0.2, -0.15) is 0 Å². The number of benzene rings is 3. The average Bonchev–Trinajstić information content (AvgIpc) is 2.80. The molecule has 32 heavy (non-hydrogen) atoms. The van der Waals surface area contributed by atoms with E-state index >= 15 is 0 Å². The molecule has 0 saturated carbocycles. The summed E-state index contributed by atoms with van der Waals surface area (Å²) in [5.74, 6) is 1.50. The lowest BCUT2D eigenvalue weighted by Gasteiger charge is -2.19. The molecule has 0 aliphatic heterocycles. The summed E-state index contributed by atoms with van der Waals surface area (Å²) in [5, 5.41) is 1.33. The van der Waals surface area contributed by atoms with E-state index in [0.717, 1.165) is 22.6 Å². The third-order valence-electron chi connectivity index (χ3n) is 5.54. The summed E-state index contributed by atoms with van der Waals surface area (Å²) in [4.78, 5) is 18.2. The fourth-order valence-electron chi connectivity index (χ4n) is 3.65. The zero-order valence-electron chi connectivity index (χ0n) is 19.0. The largest absolute Gasteiger partial charge is 0.496 e. The van der Waals surface area contributed by atoms with Crippen LogP contribution < -0.4 is 10.3 Å². The lowest BCUT2D eigenvalue weighted by molar-refractivity contribution is 0.407. The third-order valence-corrected chi connectivity index (χ3v) is 6.58. The molecule has 0 atom stereocenters. The van der Waals surface area contributed by atoms with Crippen molar-refractivity contribution in [2.45, 2.75) is 43.6 Å². The molecular formula is C27H28N2O2S. The Morgan fingerprint density at radius 1 is 0.938 bits per heavy atom. The molecule has 5 heteroatoms. The van der Waals surface area contributed by atoms with Gasteiger partial charge in [0.05, 0.1) is 24.6 Å². The second kappa shape index (κ2) is 9.21. The van der Waals surface area contributed by atoms with Crippen LogP contribution in [0.5, 0.6) is 5.75 Å². The van der Waals surface area contributed by atoms with Gasteiger partial charge in [-0.1, -0.05) is 87.1 Å². The summed E-state index contributed by atoms with van der Waals surface area (Å²) in [6, 6.07) is 24.0. The first-order valence-corrected chi connectivity index (χ1v) is 11.7. The minimum absolute atomic E-state index is 0.0351. The van der Waals surface area contributed by atoms with Crippen LogP contribution in [0.1, 0.15) is 37.5 Å². The van der Waals surface area contributed by atoms with Gasteiger partial charge in [0, 0.05) is 11.3 Å². The van der Waals surface area contributed by atoms with E-state index in [1.165, 1.54) is 11.1 Å². The Hall–Kier alpha value is -3.05. The molecule has 0 spiro atoms. The Morgan fingerprint density at radius 2 is 1.62 bits per heavy atom. The SMILES string of the molecule is COc1ccccc1Cn1c(SCc2ccc(C(C)(C)C)cc2)nc2ccccc2c1=O. The molecule has 4 rings (SSSR count). The number of hydrogen-bond acceptors (Lipinski definition) is 4. The first-order chi connectivity index (χ1) is 15.4. The van der Waals surface area contributed by atoms with Gasteiger partial charge in [0.1, 0.15) is 5.75 Å². The molecule has 164 valence electrons. The highest BCUT2D eigenvalue weighted by Crippen LogP contribution is 2.27. The number of hydrogen-bond donors (Lipinski definition) is 0. The maximum atomic E-state index is 13.4. The number of nitrogens with zero attached hydrogens (tertiary/aromatic N) is 2. The number of rotatable bonds is 6. The minimum atomic E-state index is -0.0351. The Balaban J connectivity index is 1.69. The molecule has 3 aromatic carbocycles. The number of ether oxygens (including phenoxy) is 1. The van der Waals surface area contributed by atoms with Gasteiger partial charge in [-0.15, -0.1) is 0 Å². The highest BCUT2D eigenvalue weighted by molar-refractivity contribution is 7.98. The van der Waals surface area contributed by atoms with E-state index in [1.54, 1.807) is 23.4 Å². The van der Waals surface area contributed by atoms with Crippen molar-refractivity contribution >= 4 is 22.7 Å². The molecule has 0 amide bonds. The van der Waals surface area contributed by atoms with Gasteiger partial charge < -0.3 is 4.74 Å². The summed E-state index contributed by atoms with van der Waals surface area (Å²) >= 11 is 1.59. The molecule has 0 aliphatic rings. The van der Waals surface area contributed by atoms with Gasteiger partial charge >= 0.3 is 0 Å². The van der Waals surface area contributed by atoms with Crippen LogP contribution in [0.15, 0.2) is 82.7 Å². The summed E-state index contributed by atoms with van der Waals surface area (Å²) < 4.78 is 7.27. The molecule has 0 fully saturated rings. The van der Waals surface area contributed by atoms with Crippen LogP contribution in [-0.4, -0.2) is 16.7 Å². The lowest BCUT2D eigenvalue weighted by Crippen LogP contribution is -2.24. The molecule has 1 heterocycles. The van der Waals surface area contributed by atoms with Gasteiger partial charge in [-0.25, -0.2) is 4.98 Å². The number of methoxy groups -OCH3 is 1. The Morgan fingerprint density at radius 3 is 2.34 bits per heavy atom. The monoisotopic (exact) mass is 444 g/mol.